The highest BCUT2D eigenvalue weighted by atomic mass is 15.1. The van der Waals surface area contributed by atoms with Gasteiger partial charge < -0.3 is 5.32 Å². The maximum atomic E-state index is 3.75. The van der Waals surface area contributed by atoms with Crippen molar-refractivity contribution in [3.05, 3.63) is 12.7 Å². The molecule has 0 bridgehead atoms. The van der Waals surface area contributed by atoms with Gasteiger partial charge in [0.25, 0.3) is 0 Å². The van der Waals surface area contributed by atoms with Crippen molar-refractivity contribution in [2.75, 3.05) is 32.7 Å². The summed E-state index contributed by atoms with van der Waals surface area (Å²) in [5.74, 6) is 0.775. The zero-order valence-corrected chi connectivity index (χ0v) is 7.34. The largest absolute Gasteiger partial charge is 0.315 e. The Kier molecular flexibility index (Phi) is 3.60. The van der Waals surface area contributed by atoms with Crippen LogP contribution in [-0.2, 0) is 0 Å². The van der Waals surface area contributed by atoms with Gasteiger partial charge in [0.05, 0.1) is 0 Å². The van der Waals surface area contributed by atoms with Crippen molar-refractivity contribution in [3.8, 4) is 0 Å². The van der Waals surface area contributed by atoms with Crippen LogP contribution >= 0.6 is 0 Å². The Hall–Kier alpha value is -0.340. The van der Waals surface area contributed by atoms with Gasteiger partial charge in [-0.1, -0.05) is 13.0 Å². The second kappa shape index (κ2) is 4.52. The van der Waals surface area contributed by atoms with E-state index in [-0.39, 0.29) is 0 Å². The van der Waals surface area contributed by atoms with Gasteiger partial charge in [-0.05, 0) is 12.5 Å². The fraction of sp³-hybridized carbons (Fsp3) is 0.778. The molecule has 1 saturated heterocycles. The van der Waals surface area contributed by atoms with Crippen molar-refractivity contribution in [1.29, 1.82) is 0 Å². The number of nitrogens with zero attached hydrogens (tertiary/aromatic N) is 1. The standard InChI is InChI=1S/C9H18N2/c1-3-5-11-6-4-10-7-9(2)8-11/h3,9-10H,1,4-8H2,2H3. The van der Waals surface area contributed by atoms with Crippen LogP contribution in [0.2, 0.25) is 0 Å². The average Bonchev–Trinajstić information content (AvgIpc) is 2.15. The quantitative estimate of drug-likeness (QED) is 0.589. The molecule has 0 aromatic rings. The molecule has 1 atom stereocenters. The summed E-state index contributed by atoms with van der Waals surface area (Å²) in [4.78, 5) is 2.44. The van der Waals surface area contributed by atoms with Gasteiger partial charge in [0.1, 0.15) is 0 Å². The lowest BCUT2D eigenvalue weighted by Gasteiger charge is -2.19. The van der Waals surface area contributed by atoms with Gasteiger partial charge in [-0.2, -0.15) is 0 Å². The molecule has 0 aliphatic carbocycles. The van der Waals surface area contributed by atoms with E-state index in [2.05, 4.69) is 23.7 Å². The van der Waals surface area contributed by atoms with Crippen LogP contribution in [-0.4, -0.2) is 37.6 Å². The first-order valence-corrected chi connectivity index (χ1v) is 4.37. The molecule has 0 spiro atoms. The Bertz CT molecular complexity index is 123. The molecule has 11 heavy (non-hydrogen) atoms. The molecule has 0 aromatic carbocycles. The molecule has 0 radical (unpaired) electrons. The third-order valence-corrected chi connectivity index (χ3v) is 2.05. The first-order valence-electron chi connectivity index (χ1n) is 4.37. The number of nitrogens with one attached hydrogen (secondary N) is 1. The van der Waals surface area contributed by atoms with E-state index >= 15 is 0 Å². The normalized spacial score (nSPS) is 27.9. The smallest absolute Gasteiger partial charge is 0.0161 e. The molecule has 1 unspecified atom stereocenters. The van der Waals surface area contributed by atoms with Gasteiger partial charge in [-0.3, -0.25) is 4.90 Å². The molecule has 2 heteroatoms. The minimum atomic E-state index is 0.775. The first kappa shape index (κ1) is 8.75. The molecular formula is C9H18N2. The molecule has 1 rings (SSSR count). The molecule has 64 valence electrons. The lowest BCUT2D eigenvalue weighted by Crippen LogP contribution is -2.29. The predicted octanol–water partition coefficient (Wildman–Crippen LogP) is 0.714. The predicted molar refractivity (Wildman–Crippen MR) is 48.7 cm³/mol. The summed E-state index contributed by atoms with van der Waals surface area (Å²) < 4.78 is 0. The fourth-order valence-corrected chi connectivity index (χ4v) is 1.53. The van der Waals surface area contributed by atoms with Crippen molar-refractivity contribution in [1.82, 2.24) is 10.2 Å². The highest BCUT2D eigenvalue weighted by Crippen LogP contribution is 2.01. The van der Waals surface area contributed by atoms with E-state index in [1.165, 1.54) is 6.54 Å². The highest BCUT2D eigenvalue weighted by Gasteiger charge is 2.11. The molecule has 1 fully saturated rings. The van der Waals surface area contributed by atoms with Crippen molar-refractivity contribution >= 4 is 0 Å². The Labute approximate surface area is 69.3 Å². The topological polar surface area (TPSA) is 15.3 Å². The average molecular weight is 154 g/mol. The molecule has 0 saturated carbocycles. The van der Waals surface area contributed by atoms with Crippen LogP contribution in [0.15, 0.2) is 12.7 Å². The Balaban J connectivity index is 2.32. The van der Waals surface area contributed by atoms with E-state index in [1.807, 2.05) is 6.08 Å². The molecule has 1 aliphatic heterocycles. The van der Waals surface area contributed by atoms with Gasteiger partial charge in [-0.25, -0.2) is 0 Å². The summed E-state index contributed by atoms with van der Waals surface area (Å²) in [6, 6.07) is 0. The second-order valence-corrected chi connectivity index (χ2v) is 3.36. The summed E-state index contributed by atoms with van der Waals surface area (Å²) in [6.07, 6.45) is 1.98. The van der Waals surface area contributed by atoms with Crippen LogP contribution in [0.1, 0.15) is 6.92 Å². The Morgan fingerprint density at radius 3 is 3.27 bits per heavy atom. The van der Waals surface area contributed by atoms with Crippen molar-refractivity contribution in [3.63, 3.8) is 0 Å². The summed E-state index contributed by atoms with van der Waals surface area (Å²) in [7, 11) is 0. The van der Waals surface area contributed by atoms with E-state index in [0.29, 0.717) is 0 Å². The van der Waals surface area contributed by atoms with E-state index in [4.69, 9.17) is 0 Å². The minimum Gasteiger partial charge on any atom is -0.315 e. The molecule has 2 nitrogen and oxygen atoms in total. The number of rotatable bonds is 2. The molecule has 1 aliphatic rings. The summed E-state index contributed by atoms with van der Waals surface area (Å²) in [5, 5.41) is 3.41. The van der Waals surface area contributed by atoms with E-state index in [0.717, 1.165) is 32.1 Å². The monoisotopic (exact) mass is 154 g/mol. The van der Waals surface area contributed by atoms with Crippen LogP contribution in [0.5, 0.6) is 0 Å². The minimum absolute atomic E-state index is 0.775. The second-order valence-electron chi connectivity index (χ2n) is 3.36. The SMILES string of the molecule is C=CCN1CCNCC(C)C1. The van der Waals surface area contributed by atoms with Crippen molar-refractivity contribution < 1.29 is 0 Å². The number of hydrogen-bond acceptors (Lipinski definition) is 2. The van der Waals surface area contributed by atoms with E-state index in [9.17, 15) is 0 Å². The molecule has 1 N–H and O–H groups in total. The van der Waals surface area contributed by atoms with Crippen LogP contribution in [0.3, 0.4) is 0 Å². The summed E-state index contributed by atoms with van der Waals surface area (Å²) in [5.41, 5.74) is 0. The highest BCUT2D eigenvalue weighted by molar-refractivity contribution is 4.77. The Morgan fingerprint density at radius 2 is 2.55 bits per heavy atom. The van der Waals surface area contributed by atoms with Gasteiger partial charge in [0.15, 0.2) is 0 Å². The van der Waals surface area contributed by atoms with Gasteiger partial charge in [0, 0.05) is 26.2 Å². The van der Waals surface area contributed by atoms with Gasteiger partial charge in [0.2, 0.25) is 0 Å². The molecule has 0 aromatic heterocycles. The zero-order valence-electron chi connectivity index (χ0n) is 7.34. The number of hydrogen-bond donors (Lipinski definition) is 1. The van der Waals surface area contributed by atoms with Crippen molar-refractivity contribution in [2.45, 2.75) is 6.92 Å². The van der Waals surface area contributed by atoms with Gasteiger partial charge >= 0.3 is 0 Å². The van der Waals surface area contributed by atoms with E-state index in [1.54, 1.807) is 0 Å². The van der Waals surface area contributed by atoms with Crippen molar-refractivity contribution in [2.24, 2.45) is 5.92 Å². The van der Waals surface area contributed by atoms with Crippen LogP contribution < -0.4 is 5.32 Å². The maximum Gasteiger partial charge on any atom is 0.0161 e. The van der Waals surface area contributed by atoms with Crippen LogP contribution in [0.25, 0.3) is 0 Å². The summed E-state index contributed by atoms with van der Waals surface area (Å²) >= 11 is 0. The third kappa shape index (κ3) is 3.04. The van der Waals surface area contributed by atoms with Crippen LogP contribution in [0.4, 0.5) is 0 Å². The van der Waals surface area contributed by atoms with E-state index < -0.39 is 0 Å². The first-order chi connectivity index (χ1) is 5.33. The Morgan fingerprint density at radius 1 is 1.73 bits per heavy atom. The molecular weight excluding hydrogens is 136 g/mol. The maximum absolute atomic E-state index is 3.75. The lowest BCUT2D eigenvalue weighted by molar-refractivity contribution is 0.292. The summed E-state index contributed by atoms with van der Waals surface area (Å²) in [6.45, 7) is 11.7. The lowest BCUT2D eigenvalue weighted by atomic mass is 10.2. The fourth-order valence-electron chi connectivity index (χ4n) is 1.53. The zero-order chi connectivity index (χ0) is 8.10. The molecule has 1 heterocycles. The van der Waals surface area contributed by atoms with Crippen LogP contribution in [0, 0.1) is 5.92 Å². The van der Waals surface area contributed by atoms with Gasteiger partial charge in [-0.15, -0.1) is 6.58 Å². The molecule has 0 amide bonds. The third-order valence-electron chi connectivity index (χ3n) is 2.05.